The van der Waals surface area contributed by atoms with Crippen LogP contribution in [0.2, 0.25) is 0 Å². The zero-order valence-electron chi connectivity index (χ0n) is 20.1. The van der Waals surface area contributed by atoms with Crippen molar-refractivity contribution in [3.8, 4) is 11.1 Å². The number of aliphatic hydroxyl groups excluding tert-OH is 2. The normalized spacial score (nSPS) is 18.3. The minimum atomic E-state index is -0.365. The van der Waals surface area contributed by atoms with Crippen molar-refractivity contribution in [3.63, 3.8) is 0 Å². The van der Waals surface area contributed by atoms with Gasteiger partial charge in [0.05, 0.1) is 0 Å². The summed E-state index contributed by atoms with van der Waals surface area (Å²) in [5.74, 6) is 0.935. The first-order valence-corrected chi connectivity index (χ1v) is 12.2. The Kier molecular flexibility index (Phi) is 9.28. The molecule has 0 amide bonds. The first-order valence-electron chi connectivity index (χ1n) is 12.2. The minimum Gasteiger partial charge on any atom is -0.457 e. The van der Waals surface area contributed by atoms with Crippen molar-refractivity contribution < 1.29 is 19.7 Å². The summed E-state index contributed by atoms with van der Waals surface area (Å²) in [5.41, 5.74) is 6.10. The third-order valence-electron chi connectivity index (χ3n) is 6.95. The van der Waals surface area contributed by atoms with Crippen LogP contribution in [0.4, 0.5) is 0 Å². The lowest BCUT2D eigenvalue weighted by Gasteiger charge is -2.27. The van der Waals surface area contributed by atoms with E-state index in [0.717, 1.165) is 35.4 Å². The van der Waals surface area contributed by atoms with Gasteiger partial charge in [0.2, 0.25) is 0 Å². The van der Waals surface area contributed by atoms with Crippen LogP contribution in [-0.4, -0.2) is 29.4 Å². The van der Waals surface area contributed by atoms with Crippen molar-refractivity contribution in [2.45, 2.75) is 64.9 Å². The molecular formula is C29H38O4. The number of benzene rings is 2. The van der Waals surface area contributed by atoms with Crippen LogP contribution in [0.5, 0.6) is 0 Å². The standard InChI is InChI=1S/C29H38O4/c1-20(2)29(32)33-19-27-16-26(24-10-4-21(3)5-11-24)14-15-28(27)25-12-8-22(9-13-25)6-7-23(17-30)18-31/h8-9,12-16,21,23-24,30-31H,1,4-7,10-11,17-19H2,2-3H3. The van der Waals surface area contributed by atoms with Gasteiger partial charge < -0.3 is 14.9 Å². The number of rotatable bonds is 10. The number of ether oxygens (including phenoxy) is 1. The van der Waals surface area contributed by atoms with E-state index in [1.54, 1.807) is 6.92 Å². The van der Waals surface area contributed by atoms with E-state index in [9.17, 15) is 15.0 Å². The molecule has 0 heterocycles. The molecule has 4 heteroatoms. The first-order chi connectivity index (χ1) is 15.9. The van der Waals surface area contributed by atoms with Crippen LogP contribution in [0.1, 0.15) is 68.6 Å². The number of aliphatic hydroxyl groups is 2. The lowest BCUT2D eigenvalue weighted by Crippen LogP contribution is -2.12. The van der Waals surface area contributed by atoms with Gasteiger partial charge >= 0.3 is 5.97 Å². The summed E-state index contributed by atoms with van der Waals surface area (Å²) in [6.45, 7) is 7.94. The molecule has 4 nitrogen and oxygen atoms in total. The predicted octanol–water partition coefficient (Wildman–Crippen LogP) is 5.80. The molecule has 1 aliphatic rings. The molecular weight excluding hydrogens is 412 g/mol. The molecule has 0 unspecified atom stereocenters. The lowest BCUT2D eigenvalue weighted by molar-refractivity contribution is -0.140. The van der Waals surface area contributed by atoms with E-state index in [1.165, 1.54) is 36.8 Å². The summed E-state index contributed by atoms with van der Waals surface area (Å²) in [4.78, 5) is 12.1. The molecule has 0 aliphatic heterocycles. The van der Waals surface area contributed by atoms with Gasteiger partial charge in [-0.25, -0.2) is 4.79 Å². The second kappa shape index (κ2) is 12.2. The Morgan fingerprint density at radius 2 is 1.73 bits per heavy atom. The third kappa shape index (κ3) is 7.02. The maximum Gasteiger partial charge on any atom is 0.333 e. The molecule has 1 fully saturated rings. The smallest absolute Gasteiger partial charge is 0.333 e. The van der Waals surface area contributed by atoms with Gasteiger partial charge in [0.1, 0.15) is 6.61 Å². The van der Waals surface area contributed by atoms with Crippen LogP contribution in [0.25, 0.3) is 11.1 Å². The SMILES string of the molecule is C=C(C)C(=O)OCc1cc(C2CCC(C)CC2)ccc1-c1ccc(CCC(CO)CO)cc1. The lowest BCUT2D eigenvalue weighted by atomic mass is 9.78. The minimum absolute atomic E-state index is 0.00705. The molecule has 0 atom stereocenters. The fourth-order valence-electron chi connectivity index (χ4n) is 4.59. The van der Waals surface area contributed by atoms with Gasteiger partial charge in [0.25, 0.3) is 0 Å². The van der Waals surface area contributed by atoms with Crippen LogP contribution >= 0.6 is 0 Å². The summed E-state index contributed by atoms with van der Waals surface area (Å²) in [5, 5.41) is 18.6. The Balaban J connectivity index is 1.81. The van der Waals surface area contributed by atoms with Gasteiger partial charge in [-0.2, -0.15) is 0 Å². The fourth-order valence-corrected chi connectivity index (χ4v) is 4.59. The Hall–Kier alpha value is -2.43. The van der Waals surface area contributed by atoms with Gasteiger partial charge in [-0.15, -0.1) is 0 Å². The maximum atomic E-state index is 12.1. The van der Waals surface area contributed by atoms with Crippen molar-refractivity contribution in [2.24, 2.45) is 11.8 Å². The molecule has 0 bridgehead atoms. The second-order valence-electron chi connectivity index (χ2n) is 9.70. The number of carbonyl (C=O) groups is 1. The highest BCUT2D eigenvalue weighted by Gasteiger charge is 2.21. The molecule has 2 N–H and O–H groups in total. The molecule has 0 spiro atoms. The topological polar surface area (TPSA) is 66.8 Å². The van der Waals surface area contributed by atoms with E-state index in [0.29, 0.717) is 11.5 Å². The largest absolute Gasteiger partial charge is 0.457 e. The molecule has 2 aromatic carbocycles. The molecule has 33 heavy (non-hydrogen) atoms. The highest BCUT2D eigenvalue weighted by molar-refractivity contribution is 5.87. The van der Waals surface area contributed by atoms with E-state index >= 15 is 0 Å². The van der Waals surface area contributed by atoms with Gasteiger partial charge in [-0.05, 0) is 72.3 Å². The Labute approximate surface area is 198 Å². The van der Waals surface area contributed by atoms with Crippen LogP contribution < -0.4 is 0 Å². The van der Waals surface area contributed by atoms with Crippen molar-refractivity contribution in [1.82, 2.24) is 0 Å². The number of hydrogen-bond acceptors (Lipinski definition) is 4. The van der Waals surface area contributed by atoms with E-state index < -0.39 is 0 Å². The highest BCUT2D eigenvalue weighted by Crippen LogP contribution is 2.37. The van der Waals surface area contributed by atoms with Crippen LogP contribution in [0.15, 0.2) is 54.6 Å². The Morgan fingerprint density at radius 3 is 2.33 bits per heavy atom. The van der Waals surface area contributed by atoms with Crippen LogP contribution in [-0.2, 0) is 22.6 Å². The molecule has 0 saturated heterocycles. The zero-order chi connectivity index (χ0) is 23.8. The zero-order valence-corrected chi connectivity index (χ0v) is 20.1. The van der Waals surface area contributed by atoms with Gasteiger partial charge in [-0.1, -0.05) is 68.8 Å². The van der Waals surface area contributed by atoms with Crippen molar-refractivity contribution in [3.05, 3.63) is 71.3 Å². The molecule has 3 rings (SSSR count). The van der Waals surface area contributed by atoms with Gasteiger partial charge in [0, 0.05) is 24.7 Å². The maximum absolute atomic E-state index is 12.1. The van der Waals surface area contributed by atoms with Crippen molar-refractivity contribution in [1.29, 1.82) is 0 Å². The molecule has 178 valence electrons. The summed E-state index contributed by atoms with van der Waals surface area (Å²) >= 11 is 0. The number of carbonyl (C=O) groups excluding carboxylic acids is 1. The summed E-state index contributed by atoms with van der Waals surface area (Å²) in [6, 6.07) is 15.0. The quantitative estimate of drug-likeness (QED) is 0.355. The average Bonchev–Trinajstić information content (AvgIpc) is 2.84. The van der Waals surface area contributed by atoms with Gasteiger partial charge in [0.15, 0.2) is 0 Å². The molecule has 0 radical (unpaired) electrons. The van der Waals surface area contributed by atoms with Crippen molar-refractivity contribution in [2.75, 3.05) is 13.2 Å². The van der Waals surface area contributed by atoms with E-state index in [1.807, 2.05) is 0 Å². The molecule has 1 saturated carbocycles. The molecule has 1 aliphatic carbocycles. The predicted molar refractivity (Wildman–Crippen MR) is 133 cm³/mol. The number of esters is 1. The van der Waals surface area contributed by atoms with E-state index in [2.05, 4.69) is 56.0 Å². The van der Waals surface area contributed by atoms with Crippen molar-refractivity contribution >= 4 is 5.97 Å². The summed E-state index contributed by atoms with van der Waals surface area (Å²) < 4.78 is 5.54. The summed E-state index contributed by atoms with van der Waals surface area (Å²) in [7, 11) is 0. The second-order valence-corrected chi connectivity index (χ2v) is 9.70. The monoisotopic (exact) mass is 450 g/mol. The number of aryl methyl sites for hydroxylation is 1. The van der Waals surface area contributed by atoms with Gasteiger partial charge in [-0.3, -0.25) is 0 Å². The Morgan fingerprint density at radius 1 is 1.06 bits per heavy atom. The third-order valence-corrected chi connectivity index (χ3v) is 6.95. The fraction of sp³-hybridized carbons (Fsp3) is 0.483. The van der Waals surface area contributed by atoms with E-state index in [4.69, 9.17) is 4.74 Å². The Bertz CT molecular complexity index is 919. The van der Waals surface area contributed by atoms with Crippen LogP contribution in [0, 0.1) is 11.8 Å². The number of hydrogen-bond donors (Lipinski definition) is 2. The molecule has 2 aromatic rings. The first kappa shape index (κ1) is 25.2. The van der Waals surface area contributed by atoms with Crippen LogP contribution in [0.3, 0.4) is 0 Å². The average molecular weight is 451 g/mol. The summed E-state index contributed by atoms with van der Waals surface area (Å²) in [6.07, 6.45) is 6.52. The van der Waals surface area contributed by atoms with E-state index in [-0.39, 0.29) is 31.7 Å². The highest BCUT2D eigenvalue weighted by atomic mass is 16.5. The molecule has 0 aromatic heterocycles.